The van der Waals surface area contributed by atoms with Gasteiger partial charge < -0.3 is 15.0 Å². The number of fused-ring (bicyclic) bond motifs is 1. The molecule has 0 aliphatic rings. The van der Waals surface area contributed by atoms with Crippen LogP contribution in [0, 0.1) is 0 Å². The van der Waals surface area contributed by atoms with Gasteiger partial charge in [-0.15, -0.1) is 0 Å². The van der Waals surface area contributed by atoms with Crippen LogP contribution in [0.1, 0.15) is 0 Å². The summed E-state index contributed by atoms with van der Waals surface area (Å²) >= 11 is 0. The first-order valence-corrected chi connectivity index (χ1v) is 6.63. The number of para-hydroxylation sites is 2. The molecule has 4 nitrogen and oxygen atoms in total. The number of ether oxygens (including phenoxy) is 1. The van der Waals surface area contributed by atoms with Crippen molar-refractivity contribution in [1.82, 2.24) is 9.55 Å². The smallest absolute Gasteiger partial charge is 0.141 e. The van der Waals surface area contributed by atoms with Gasteiger partial charge in [-0.3, -0.25) is 0 Å². The second-order valence-corrected chi connectivity index (χ2v) is 4.59. The minimum absolute atomic E-state index is 0.587. The lowest BCUT2D eigenvalue weighted by Crippen LogP contribution is -2.10. The van der Waals surface area contributed by atoms with E-state index < -0.39 is 0 Å². The van der Waals surface area contributed by atoms with Crippen LogP contribution in [-0.4, -0.2) is 23.2 Å². The molecule has 20 heavy (non-hydrogen) atoms. The maximum absolute atomic E-state index is 5.73. The molecule has 0 amide bonds. The molecule has 4 heteroatoms. The topological polar surface area (TPSA) is 53.1 Å². The SMILES string of the molecule is COc1ccc(-c2nc3ccccc3n2CCN)cc1. The van der Waals surface area contributed by atoms with E-state index in [1.807, 2.05) is 42.5 Å². The third-order valence-electron chi connectivity index (χ3n) is 3.36. The molecule has 2 aromatic carbocycles. The Balaban J connectivity index is 2.15. The van der Waals surface area contributed by atoms with E-state index in [1.54, 1.807) is 7.11 Å². The lowest BCUT2D eigenvalue weighted by Gasteiger charge is -2.08. The Bertz CT molecular complexity index is 716. The fourth-order valence-corrected chi connectivity index (χ4v) is 2.39. The normalized spacial score (nSPS) is 10.9. The summed E-state index contributed by atoms with van der Waals surface area (Å²) in [6.07, 6.45) is 0. The van der Waals surface area contributed by atoms with Crippen LogP contribution < -0.4 is 10.5 Å². The van der Waals surface area contributed by atoms with Crippen LogP contribution in [0.4, 0.5) is 0 Å². The number of methoxy groups -OCH3 is 1. The molecule has 1 heterocycles. The molecule has 2 N–H and O–H groups in total. The van der Waals surface area contributed by atoms with Crippen molar-refractivity contribution in [3.8, 4) is 17.1 Å². The average molecular weight is 267 g/mol. The van der Waals surface area contributed by atoms with Crippen molar-refractivity contribution in [3.05, 3.63) is 48.5 Å². The van der Waals surface area contributed by atoms with Crippen molar-refractivity contribution in [2.24, 2.45) is 5.73 Å². The van der Waals surface area contributed by atoms with Crippen LogP contribution in [-0.2, 0) is 6.54 Å². The molecule has 0 radical (unpaired) electrons. The highest BCUT2D eigenvalue weighted by atomic mass is 16.5. The van der Waals surface area contributed by atoms with Crippen LogP contribution >= 0.6 is 0 Å². The molecule has 102 valence electrons. The molecule has 0 bridgehead atoms. The molecule has 0 unspecified atom stereocenters. The number of hydrogen-bond donors (Lipinski definition) is 1. The Morgan fingerprint density at radius 2 is 1.85 bits per heavy atom. The third kappa shape index (κ3) is 2.14. The molecule has 0 spiro atoms. The molecular weight excluding hydrogens is 250 g/mol. The van der Waals surface area contributed by atoms with Crippen LogP contribution in [0.2, 0.25) is 0 Å². The Morgan fingerprint density at radius 3 is 2.55 bits per heavy atom. The van der Waals surface area contributed by atoms with E-state index in [4.69, 9.17) is 15.5 Å². The summed E-state index contributed by atoms with van der Waals surface area (Å²) in [4.78, 5) is 4.72. The van der Waals surface area contributed by atoms with Crippen molar-refractivity contribution < 1.29 is 4.74 Å². The minimum Gasteiger partial charge on any atom is -0.497 e. The zero-order chi connectivity index (χ0) is 13.9. The van der Waals surface area contributed by atoms with Crippen molar-refractivity contribution in [3.63, 3.8) is 0 Å². The maximum Gasteiger partial charge on any atom is 0.141 e. The minimum atomic E-state index is 0.587. The summed E-state index contributed by atoms with van der Waals surface area (Å²) in [6, 6.07) is 16.1. The van der Waals surface area contributed by atoms with Crippen LogP contribution in [0.15, 0.2) is 48.5 Å². The summed E-state index contributed by atoms with van der Waals surface area (Å²) in [5.74, 6) is 1.79. The number of benzene rings is 2. The zero-order valence-corrected chi connectivity index (χ0v) is 11.4. The lowest BCUT2D eigenvalue weighted by atomic mass is 10.2. The number of nitrogens with zero attached hydrogens (tertiary/aromatic N) is 2. The van der Waals surface area contributed by atoms with Gasteiger partial charge in [-0.2, -0.15) is 0 Å². The number of nitrogens with two attached hydrogens (primary N) is 1. The Labute approximate surface area is 117 Å². The monoisotopic (exact) mass is 267 g/mol. The first-order valence-electron chi connectivity index (χ1n) is 6.63. The van der Waals surface area contributed by atoms with E-state index in [0.29, 0.717) is 6.54 Å². The Kier molecular flexibility index (Phi) is 3.39. The molecular formula is C16H17N3O. The number of aromatic nitrogens is 2. The largest absolute Gasteiger partial charge is 0.497 e. The molecule has 1 aromatic heterocycles. The van der Waals surface area contributed by atoms with Gasteiger partial charge in [0.1, 0.15) is 11.6 Å². The quantitative estimate of drug-likeness (QED) is 0.790. The van der Waals surface area contributed by atoms with Gasteiger partial charge in [0.2, 0.25) is 0 Å². The van der Waals surface area contributed by atoms with Crippen LogP contribution in [0.25, 0.3) is 22.4 Å². The van der Waals surface area contributed by atoms with Gasteiger partial charge >= 0.3 is 0 Å². The summed E-state index contributed by atoms with van der Waals surface area (Å²) < 4.78 is 7.36. The predicted octanol–water partition coefficient (Wildman–Crippen LogP) is 2.67. The Hall–Kier alpha value is -2.33. The van der Waals surface area contributed by atoms with Gasteiger partial charge in [0.25, 0.3) is 0 Å². The van der Waals surface area contributed by atoms with Gasteiger partial charge in [-0.25, -0.2) is 4.98 Å². The fraction of sp³-hybridized carbons (Fsp3) is 0.188. The number of rotatable bonds is 4. The fourth-order valence-electron chi connectivity index (χ4n) is 2.39. The first-order chi connectivity index (χ1) is 9.83. The molecule has 0 saturated carbocycles. The summed E-state index contributed by atoms with van der Waals surface area (Å²) in [6.45, 7) is 1.34. The van der Waals surface area contributed by atoms with E-state index in [0.717, 1.165) is 34.7 Å². The van der Waals surface area contributed by atoms with Gasteiger partial charge in [-0.05, 0) is 36.4 Å². The molecule has 0 saturated heterocycles. The molecule has 0 atom stereocenters. The van der Waals surface area contributed by atoms with Gasteiger partial charge in [-0.1, -0.05) is 12.1 Å². The van der Waals surface area contributed by atoms with Gasteiger partial charge in [0, 0.05) is 18.7 Å². The number of imidazole rings is 1. The summed E-state index contributed by atoms with van der Waals surface area (Å²) in [5, 5.41) is 0. The molecule has 3 rings (SSSR count). The summed E-state index contributed by atoms with van der Waals surface area (Å²) in [7, 11) is 1.67. The van der Waals surface area contributed by atoms with Crippen molar-refractivity contribution in [2.45, 2.75) is 6.54 Å². The van der Waals surface area contributed by atoms with E-state index >= 15 is 0 Å². The highest BCUT2D eigenvalue weighted by Crippen LogP contribution is 2.26. The average Bonchev–Trinajstić information content (AvgIpc) is 2.87. The summed E-state index contributed by atoms with van der Waals surface area (Å²) in [5.41, 5.74) is 8.91. The van der Waals surface area contributed by atoms with E-state index in [2.05, 4.69) is 10.6 Å². The highest BCUT2D eigenvalue weighted by Gasteiger charge is 2.11. The maximum atomic E-state index is 5.73. The Morgan fingerprint density at radius 1 is 1.10 bits per heavy atom. The van der Waals surface area contributed by atoms with Crippen molar-refractivity contribution >= 4 is 11.0 Å². The van der Waals surface area contributed by atoms with Crippen LogP contribution in [0.5, 0.6) is 5.75 Å². The molecule has 0 aliphatic carbocycles. The standard InChI is InChI=1S/C16H17N3O/c1-20-13-8-6-12(7-9-13)16-18-14-4-2-3-5-15(14)19(16)11-10-17/h2-9H,10-11,17H2,1H3. The van der Waals surface area contributed by atoms with E-state index in [1.165, 1.54) is 0 Å². The zero-order valence-electron chi connectivity index (χ0n) is 11.4. The predicted molar refractivity (Wildman–Crippen MR) is 80.8 cm³/mol. The van der Waals surface area contributed by atoms with Gasteiger partial charge in [0.05, 0.1) is 18.1 Å². The van der Waals surface area contributed by atoms with E-state index in [9.17, 15) is 0 Å². The number of hydrogen-bond acceptors (Lipinski definition) is 3. The highest BCUT2D eigenvalue weighted by molar-refractivity contribution is 5.80. The third-order valence-corrected chi connectivity index (χ3v) is 3.36. The molecule has 0 fully saturated rings. The van der Waals surface area contributed by atoms with Crippen LogP contribution in [0.3, 0.4) is 0 Å². The van der Waals surface area contributed by atoms with E-state index in [-0.39, 0.29) is 0 Å². The van der Waals surface area contributed by atoms with Crippen molar-refractivity contribution in [2.75, 3.05) is 13.7 Å². The first kappa shape index (κ1) is 12.7. The molecule has 3 aromatic rings. The van der Waals surface area contributed by atoms with Gasteiger partial charge in [0.15, 0.2) is 0 Å². The van der Waals surface area contributed by atoms with Crippen molar-refractivity contribution in [1.29, 1.82) is 0 Å². The molecule has 0 aliphatic heterocycles. The second-order valence-electron chi connectivity index (χ2n) is 4.59. The lowest BCUT2D eigenvalue weighted by molar-refractivity contribution is 0.415. The second kappa shape index (κ2) is 5.35.